The van der Waals surface area contributed by atoms with Gasteiger partial charge in [0.2, 0.25) is 0 Å². The molecule has 1 saturated carbocycles. The highest BCUT2D eigenvalue weighted by Gasteiger charge is 2.39. The zero-order valence-corrected chi connectivity index (χ0v) is 17.5. The lowest BCUT2D eigenvalue weighted by Gasteiger charge is -2.33. The minimum atomic E-state index is -4.96. The van der Waals surface area contributed by atoms with Crippen LogP contribution in [0, 0.1) is 23.1 Å². The predicted molar refractivity (Wildman–Crippen MR) is 106 cm³/mol. The van der Waals surface area contributed by atoms with Gasteiger partial charge in [-0.15, -0.1) is 0 Å². The first-order chi connectivity index (χ1) is 14.3. The van der Waals surface area contributed by atoms with Gasteiger partial charge < -0.3 is 5.11 Å². The van der Waals surface area contributed by atoms with Crippen molar-refractivity contribution in [1.29, 1.82) is 5.26 Å². The van der Waals surface area contributed by atoms with Crippen LogP contribution in [-0.4, -0.2) is 24.9 Å². The van der Waals surface area contributed by atoms with E-state index in [0.29, 0.717) is 31.7 Å². The van der Waals surface area contributed by atoms with Crippen molar-refractivity contribution in [3.63, 3.8) is 0 Å². The molecule has 0 spiro atoms. The third-order valence-corrected chi connectivity index (χ3v) is 7.60. The van der Waals surface area contributed by atoms with Crippen molar-refractivity contribution in [3.8, 4) is 17.2 Å². The van der Waals surface area contributed by atoms with Crippen molar-refractivity contribution in [2.75, 3.05) is 5.75 Å². The molecule has 0 saturated heterocycles. The molecule has 1 N–H and O–H groups in total. The van der Waals surface area contributed by atoms with E-state index < -0.39 is 43.6 Å². The zero-order chi connectivity index (χ0) is 23.0. The lowest BCUT2D eigenvalue weighted by atomic mass is 9.81. The summed E-state index contributed by atoms with van der Waals surface area (Å²) in [4.78, 5) is -0.838. The molecule has 1 fully saturated rings. The molecule has 1 aliphatic carbocycles. The van der Waals surface area contributed by atoms with Crippen LogP contribution in [0.4, 0.5) is 17.6 Å². The van der Waals surface area contributed by atoms with Crippen molar-refractivity contribution < 1.29 is 31.1 Å². The summed E-state index contributed by atoms with van der Waals surface area (Å²) in [5, 5.41) is 18.8. The number of sulfone groups is 1. The van der Waals surface area contributed by atoms with Gasteiger partial charge in [0, 0.05) is 5.56 Å². The maximum Gasteiger partial charge on any atom is 0.417 e. The minimum Gasteiger partial charge on any atom is -0.390 e. The van der Waals surface area contributed by atoms with Crippen LogP contribution in [0.2, 0.25) is 0 Å². The Morgan fingerprint density at radius 1 is 1.16 bits per heavy atom. The molecule has 2 aromatic rings. The molecule has 31 heavy (non-hydrogen) atoms. The molecule has 0 unspecified atom stereocenters. The largest absolute Gasteiger partial charge is 0.417 e. The minimum absolute atomic E-state index is 0.0166. The fourth-order valence-corrected chi connectivity index (χ4v) is 5.79. The van der Waals surface area contributed by atoms with Gasteiger partial charge >= 0.3 is 6.18 Å². The van der Waals surface area contributed by atoms with Crippen molar-refractivity contribution in [3.05, 3.63) is 53.3 Å². The second-order valence-corrected chi connectivity index (χ2v) is 10.2. The van der Waals surface area contributed by atoms with Gasteiger partial charge in [0.25, 0.3) is 0 Å². The molecule has 0 atom stereocenters. The van der Waals surface area contributed by atoms with E-state index in [-0.39, 0.29) is 22.6 Å². The summed E-state index contributed by atoms with van der Waals surface area (Å²) in [5.74, 6) is -1.67. The molecule has 0 bridgehead atoms. The fourth-order valence-electron chi connectivity index (χ4n) is 3.88. The van der Waals surface area contributed by atoms with E-state index in [1.807, 2.05) is 0 Å². The molecular formula is C22H21F4NO3S. The average molecular weight is 455 g/mol. The highest BCUT2D eigenvalue weighted by Crippen LogP contribution is 2.39. The Bertz CT molecular complexity index is 1120. The SMILES string of the molecule is C[C@]1(O)CC[C@H](CS(=O)(=O)c2ccc(-c3ccc(C#N)cc3F)cc2C(F)(F)F)CC1. The Kier molecular flexibility index (Phi) is 6.18. The number of hydrogen-bond acceptors (Lipinski definition) is 4. The van der Waals surface area contributed by atoms with E-state index in [0.717, 1.165) is 18.2 Å². The van der Waals surface area contributed by atoms with E-state index >= 15 is 0 Å². The molecule has 166 valence electrons. The lowest BCUT2D eigenvalue weighted by Crippen LogP contribution is -2.33. The third-order valence-electron chi connectivity index (χ3n) is 5.67. The van der Waals surface area contributed by atoms with Crippen LogP contribution in [0.1, 0.15) is 43.7 Å². The number of benzene rings is 2. The third kappa shape index (κ3) is 5.25. The van der Waals surface area contributed by atoms with Crippen LogP contribution in [0.3, 0.4) is 0 Å². The van der Waals surface area contributed by atoms with Gasteiger partial charge in [-0.25, -0.2) is 12.8 Å². The fraction of sp³-hybridized carbons (Fsp3) is 0.409. The summed E-state index contributed by atoms with van der Waals surface area (Å²) in [5.41, 5.74) is -2.52. The first kappa shape index (κ1) is 23.2. The van der Waals surface area contributed by atoms with Gasteiger partial charge in [-0.3, -0.25) is 0 Å². The second-order valence-electron chi connectivity index (χ2n) is 8.24. The van der Waals surface area contributed by atoms with Crippen LogP contribution in [0.25, 0.3) is 11.1 Å². The van der Waals surface area contributed by atoms with Gasteiger partial charge in [-0.2, -0.15) is 18.4 Å². The first-order valence-electron chi connectivity index (χ1n) is 9.69. The molecule has 1 aliphatic rings. The van der Waals surface area contributed by atoms with E-state index in [1.54, 1.807) is 13.0 Å². The number of aliphatic hydroxyl groups is 1. The number of rotatable bonds is 4. The van der Waals surface area contributed by atoms with Crippen molar-refractivity contribution >= 4 is 9.84 Å². The molecule has 0 aromatic heterocycles. The zero-order valence-electron chi connectivity index (χ0n) is 16.7. The van der Waals surface area contributed by atoms with E-state index in [1.165, 1.54) is 12.1 Å². The summed E-state index contributed by atoms with van der Waals surface area (Å²) < 4.78 is 81.2. The van der Waals surface area contributed by atoms with Crippen molar-refractivity contribution in [1.82, 2.24) is 0 Å². The van der Waals surface area contributed by atoms with E-state index in [9.17, 15) is 31.1 Å². The van der Waals surface area contributed by atoms with E-state index in [2.05, 4.69) is 0 Å². The van der Waals surface area contributed by atoms with Gasteiger partial charge in [0.15, 0.2) is 9.84 Å². The standard InChI is InChI=1S/C22H21F4NO3S/c1-21(28)8-6-14(7-9-21)13-31(29,30)20-5-3-16(11-18(20)22(24,25)26)17-4-2-15(12-27)10-19(17)23/h2-5,10-11,14,28H,6-9,13H2,1H3/t14-,21-. The molecule has 3 rings (SSSR count). The van der Waals surface area contributed by atoms with Crippen LogP contribution in [-0.2, 0) is 16.0 Å². The molecule has 0 amide bonds. The Balaban J connectivity index is 1.98. The maximum absolute atomic E-state index is 14.3. The summed E-state index contributed by atoms with van der Waals surface area (Å²) in [6, 6.07) is 7.74. The Hall–Kier alpha value is -2.44. The first-order valence-corrected chi connectivity index (χ1v) is 11.3. The van der Waals surface area contributed by atoms with Crippen LogP contribution < -0.4 is 0 Å². The van der Waals surface area contributed by atoms with Crippen molar-refractivity contribution in [2.45, 2.75) is 49.3 Å². The smallest absolute Gasteiger partial charge is 0.390 e. The number of halogens is 4. The highest BCUT2D eigenvalue weighted by atomic mass is 32.2. The summed E-state index contributed by atoms with van der Waals surface area (Å²) in [7, 11) is -4.27. The lowest BCUT2D eigenvalue weighted by molar-refractivity contribution is -0.139. The predicted octanol–water partition coefficient (Wildman–Crippen LogP) is 5.10. The Morgan fingerprint density at radius 3 is 2.35 bits per heavy atom. The molecule has 2 aromatic carbocycles. The summed E-state index contributed by atoms with van der Waals surface area (Å²) in [6.07, 6.45) is -3.38. The van der Waals surface area contributed by atoms with Gasteiger partial charge in [0.05, 0.1) is 33.4 Å². The normalized spacial score (nSPS) is 22.2. The molecule has 9 heteroatoms. The van der Waals surface area contributed by atoms with Crippen LogP contribution >= 0.6 is 0 Å². The Labute approximate surface area is 178 Å². The van der Waals surface area contributed by atoms with Crippen LogP contribution in [0.5, 0.6) is 0 Å². The molecule has 0 heterocycles. The van der Waals surface area contributed by atoms with Crippen LogP contribution in [0.15, 0.2) is 41.3 Å². The Morgan fingerprint density at radius 2 is 1.81 bits per heavy atom. The molecular weight excluding hydrogens is 434 g/mol. The summed E-state index contributed by atoms with van der Waals surface area (Å²) in [6.45, 7) is 1.65. The molecule has 4 nitrogen and oxygen atoms in total. The molecule has 0 radical (unpaired) electrons. The second kappa shape index (κ2) is 8.24. The quantitative estimate of drug-likeness (QED) is 0.651. The number of alkyl halides is 3. The van der Waals surface area contributed by atoms with Gasteiger partial charge in [-0.1, -0.05) is 12.1 Å². The average Bonchev–Trinajstić information content (AvgIpc) is 2.68. The van der Waals surface area contributed by atoms with E-state index in [4.69, 9.17) is 5.26 Å². The number of hydrogen-bond donors (Lipinski definition) is 1. The topological polar surface area (TPSA) is 78.2 Å². The number of nitrogens with zero attached hydrogens (tertiary/aromatic N) is 1. The highest BCUT2D eigenvalue weighted by molar-refractivity contribution is 7.91. The van der Waals surface area contributed by atoms with Crippen molar-refractivity contribution in [2.24, 2.45) is 5.92 Å². The van der Waals surface area contributed by atoms with Gasteiger partial charge in [0.1, 0.15) is 5.82 Å². The monoisotopic (exact) mass is 455 g/mol. The maximum atomic E-state index is 14.3. The molecule has 0 aliphatic heterocycles. The summed E-state index contributed by atoms with van der Waals surface area (Å²) >= 11 is 0. The van der Waals surface area contributed by atoms with Gasteiger partial charge in [-0.05, 0) is 68.4 Å². The number of nitriles is 1.